The molecule has 2 rings (SSSR count). The normalized spacial score (nSPS) is 28.4. The second-order valence-electron chi connectivity index (χ2n) is 5.84. The van der Waals surface area contributed by atoms with Crippen LogP contribution < -0.4 is 5.32 Å². The summed E-state index contributed by atoms with van der Waals surface area (Å²) in [4.78, 5) is 0. The summed E-state index contributed by atoms with van der Waals surface area (Å²) in [5.74, 6) is 0.710. The van der Waals surface area contributed by atoms with Crippen molar-refractivity contribution in [2.24, 2.45) is 5.92 Å². The van der Waals surface area contributed by atoms with E-state index >= 15 is 0 Å². The molecular formula is C15H29NO3. The fourth-order valence-corrected chi connectivity index (χ4v) is 3.51. The molecule has 2 saturated heterocycles. The highest BCUT2D eigenvalue weighted by Gasteiger charge is 2.40. The van der Waals surface area contributed by atoms with Gasteiger partial charge in [-0.25, -0.2) is 0 Å². The van der Waals surface area contributed by atoms with Crippen LogP contribution in [0, 0.1) is 5.92 Å². The van der Waals surface area contributed by atoms with Crippen LogP contribution in [0.4, 0.5) is 0 Å². The van der Waals surface area contributed by atoms with E-state index in [0.29, 0.717) is 12.0 Å². The van der Waals surface area contributed by atoms with Crippen LogP contribution in [0.1, 0.15) is 39.0 Å². The fraction of sp³-hybridized carbons (Fsp3) is 1.00. The van der Waals surface area contributed by atoms with Crippen LogP contribution in [0.25, 0.3) is 0 Å². The highest BCUT2D eigenvalue weighted by Crippen LogP contribution is 2.38. The van der Waals surface area contributed by atoms with Gasteiger partial charge in [0.25, 0.3) is 0 Å². The van der Waals surface area contributed by atoms with E-state index in [1.807, 2.05) is 0 Å². The Morgan fingerprint density at radius 2 is 2.11 bits per heavy atom. The van der Waals surface area contributed by atoms with Gasteiger partial charge in [0.05, 0.1) is 5.60 Å². The second kappa shape index (κ2) is 7.58. The molecule has 0 aromatic carbocycles. The van der Waals surface area contributed by atoms with Crippen LogP contribution in [0.15, 0.2) is 0 Å². The van der Waals surface area contributed by atoms with Crippen LogP contribution in [0.2, 0.25) is 0 Å². The highest BCUT2D eigenvalue weighted by atomic mass is 16.5. The lowest BCUT2D eigenvalue weighted by Crippen LogP contribution is -2.49. The van der Waals surface area contributed by atoms with Crippen molar-refractivity contribution in [1.82, 2.24) is 5.32 Å². The van der Waals surface area contributed by atoms with Crippen molar-refractivity contribution in [3.8, 4) is 0 Å². The first kappa shape index (κ1) is 15.2. The van der Waals surface area contributed by atoms with Crippen LogP contribution in [-0.4, -0.2) is 51.7 Å². The van der Waals surface area contributed by atoms with Gasteiger partial charge in [-0.3, -0.25) is 0 Å². The molecule has 2 heterocycles. The van der Waals surface area contributed by atoms with Crippen LogP contribution in [-0.2, 0) is 14.2 Å². The van der Waals surface area contributed by atoms with Gasteiger partial charge in [-0.05, 0) is 44.6 Å². The van der Waals surface area contributed by atoms with E-state index in [1.165, 1.54) is 12.8 Å². The number of ether oxygens (including phenoxy) is 3. The Morgan fingerprint density at radius 3 is 2.79 bits per heavy atom. The van der Waals surface area contributed by atoms with Crippen molar-refractivity contribution >= 4 is 0 Å². The quantitative estimate of drug-likeness (QED) is 0.802. The molecule has 2 fully saturated rings. The average Bonchev–Trinajstić information content (AvgIpc) is 2.44. The van der Waals surface area contributed by atoms with Gasteiger partial charge in [-0.15, -0.1) is 0 Å². The third-order valence-corrected chi connectivity index (χ3v) is 4.60. The monoisotopic (exact) mass is 271 g/mol. The minimum atomic E-state index is 0.0991. The molecule has 0 aliphatic carbocycles. The maximum Gasteiger partial charge on any atom is 0.0729 e. The summed E-state index contributed by atoms with van der Waals surface area (Å²) < 4.78 is 16.9. The van der Waals surface area contributed by atoms with Crippen molar-refractivity contribution in [3.05, 3.63) is 0 Å². The molecule has 0 aromatic heterocycles. The lowest BCUT2D eigenvalue weighted by Gasteiger charge is -2.45. The number of methoxy groups -OCH3 is 1. The smallest absolute Gasteiger partial charge is 0.0729 e. The van der Waals surface area contributed by atoms with E-state index in [1.54, 1.807) is 7.11 Å². The van der Waals surface area contributed by atoms with Gasteiger partial charge < -0.3 is 19.5 Å². The van der Waals surface area contributed by atoms with Crippen LogP contribution in [0.3, 0.4) is 0 Å². The maximum absolute atomic E-state index is 6.13. The summed E-state index contributed by atoms with van der Waals surface area (Å²) in [6.45, 7) is 6.67. The molecule has 2 aliphatic rings. The van der Waals surface area contributed by atoms with Crippen molar-refractivity contribution in [2.45, 2.75) is 50.7 Å². The lowest BCUT2D eigenvalue weighted by atomic mass is 9.77. The molecule has 2 aliphatic heterocycles. The fourth-order valence-electron chi connectivity index (χ4n) is 3.51. The van der Waals surface area contributed by atoms with E-state index in [0.717, 1.165) is 52.2 Å². The summed E-state index contributed by atoms with van der Waals surface area (Å²) in [6, 6.07) is 0.563. The zero-order valence-electron chi connectivity index (χ0n) is 12.5. The first-order valence-electron chi connectivity index (χ1n) is 7.74. The summed E-state index contributed by atoms with van der Waals surface area (Å²) in [5.41, 5.74) is 0.0991. The minimum Gasteiger partial charge on any atom is -0.385 e. The summed E-state index contributed by atoms with van der Waals surface area (Å²) >= 11 is 0. The van der Waals surface area contributed by atoms with Crippen molar-refractivity contribution < 1.29 is 14.2 Å². The first-order chi connectivity index (χ1) is 9.29. The topological polar surface area (TPSA) is 39.7 Å². The Bertz CT molecular complexity index is 248. The van der Waals surface area contributed by atoms with Gasteiger partial charge in [-0.1, -0.05) is 6.92 Å². The van der Waals surface area contributed by atoms with E-state index < -0.39 is 0 Å². The minimum absolute atomic E-state index is 0.0991. The van der Waals surface area contributed by atoms with Crippen molar-refractivity contribution in [1.29, 1.82) is 0 Å². The standard InChI is InChI=1S/C15H29NO3/c1-3-16-14(5-8-17-2)13-4-9-19-15(12-13)6-10-18-11-7-15/h13-14,16H,3-12H2,1-2H3. The van der Waals surface area contributed by atoms with Crippen molar-refractivity contribution in [2.75, 3.05) is 40.1 Å². The van der Waals surface area contributed by atoms with Gasteiger partial charge in [0.15, 0.2) is 0 Å². The van der Waals surface area contributed by atoms with Gasteiger partial charge in [0.2, 0.25) is 0 Å². The van der Waals surface area contributed by atoms with Crippen molar-refractivity contribution in [3.63, 3.8) is 0 Å². The molecule has 0 amide bonds. The molecule has 2 atom stereocenters. The Labute approximate surface area is 117 Å². The SMILES string of the molecule is CCNC(CCOC)C1CCOC2(CCOCC2)C1. The second-order valence-corrected chi connectivity index (χ2v) is 5.84. The Balaban J connectivity index is 1.93. The molecule has 0 radical (unpaired) electrons. The van der Waals surface area contributed by atoms with Gasteiger partial charge >= 0.3 is 0 Å². The zero-order valence-corrected chi connectivity index (χ0v) is 12.5. The molecule has 112 valence electrons. The summed E-state index contributed by atoms with van der Waals surface area (Å²) in [7, 11) is 1.78. The first-order valence-corrected chi connectivity index (χ1v) is 7.74. The van der Waals surface area contributed by atoms with Crippen LogP contribution in [0.5, 0.6) is 0 Å². The number of rotatable bonds is 6. The average molecular weight is 271 g/mol. The Hall–Kier alpha value is -0.160. The predicted octanol–water partition coefficient (Wildman–Crippen LogP) is 1.98. The van der Waals surface area contributed by atoms with E-state index in [9.17, 15) is 0 Å². The third-order valence-electron chi connectivity index (χ3n) is 4.60. The molecule has 0 saturated carbocycles. The van der Waals surface area contributed by atoms with E-state index in [-0.39, 0.29) is 5.60 Å². The molecule has 19 heavy (non-hydrogen) atoms. The summed E-state index contributed by atoms with van der Waals surface area (Å²) in [6.07, 6.45) is 5.57. The lowest BCUT2D eigenvalue weighted by molar-refractivity contribution is -0.150. The zero-order chi connectivity index (χ0) is 13.6. The number of hydrogen-bond acceptors (Lipinski definition) is 4. The molecule has 4 nitrogen and oxygen atoms in total. The maximum atomic E-state index is 6.13. The van der Waals surface area contributed by atoms with Gasteiger partial charge in [0.1, 0.15) is 0 Å². The molecule has 4 heteroatoms. The Kier molecular flexibility index (Phi) is 6.07. The largest absolute Gasteiger partial charge is 0.385 e. The molecule has 0 bridgehead atoms. The molecule has 0 aromatic rings. The summed E-state index contributed by atoms with van der Waals surface area (Å²) in [5, 5.41) is 3.64. The van der Waals surface area contributed by atoms with E-state index in [4.69, 9.17) is 14.2 Å². The van der Waals surface area contributed by atoms with Gasteiger partial charge in [0, 0.05) is 39.6 Å². The van der Waals surface area contributed by atoms with Gasteiger partial charge in [-0.2, -0.15) is 0 Å². The highest BCUT2D eigenvalue weighted by molar-refractivity contribution is 4.92. The molecule has 2 unspecified atom stereocenters. The Morgan fingerprint density at radius 1 is 1.32 bits per heavy atom. The molecule has 1 spiro atoms. The third kappa shape index (κ3) is 4.15. The number of nitrogens with one attached hydrogen (secondary N) is 1. The number of hydrogen-bond donors (Lipinski definition) is 1. The van der Waals surface area contributed by atoms with E-state index in [2.05, 4.69) is 12.2 Å². The molecular weight excluding hydrogens is 242 g/mol. The molecule has 1 N–H and O–H groups in total. The predicted molar refractivity (Wildman–Crippen MR) is 75.4 cm³/mol. The van der Waals surface area contributed by atoms with Crippen LogP contribution >= 0.6 is 0 Å².